The predicted octanol–water partition coefficient (Wildman–Crippen LogP) is 2.59. The van der Waals surface area contributed by atoms with E-state index in [0.717, 1.165) is 5.56 Å². The van der Waals surface area contributed by atoms with Gasteiger partial charge in [0.25, 0.3) is 0 Å². The van der Waals surface area contributed by atoms with Crippen LogP contribution in [0.4, 0.5) is 0 Å². The van der Waals surface area contributed by atoms with E-state index in [1.807, 2.05) is 44.2 Å². The normalized spacial score (nSPS) is 10.8. The molecule has 0 bridgehead atoms. The Morgan fingerprint density at radius 2 is 1.71 bits per heavy atom. The standard InChI is InChI=1S/C14H20O3/c1-3-16-14(17-4-2)11-13(15)10-12-8-6-5-7-9-12/h5-9,14H,3-4,10-11H2,1-2H3. The number of Topliss-reactive ketones (excluding diaryl/α,β-unsaturated/α-hetero) is 1. The lowest BCUT2D eigenvalue weighted by Gasteiger charge is -2.15. The van der Waals surface area contributed by atoms with Crippen molar-refractivity contribution in [3.05, 3.63) is 35.9 Å². The quantitative estimate of drug-likeness (QED) is 0.651. The van der Waals surface area contributed by atoms with Crippen molar-refractivity contribution in [2.45, 2.75) is 33.0 Å². The zero-order chi connectivity index (χ0) is 12.5. The van der Waals surface area contributed by atoms with Gasteiger partial charge in [-0.15, -0.1) is 0 Å². The third-order valence-corrected chi connectivity index (χ3v) is 2.34. The molecule has 0 saturated carbocycles. The molecule has 0 amide bonds. The number of carbonyl (C=O) groups excluding carboxylic acids is 1. The molecule has 0 fully saturated rings. The van der Waals surface area contributed by atoms with E-state index in [1.165, 1.54) is 0 Å². The zero-order valence-corrected chi connectivity index (χ0v) is 10.5. The summed E-state index contributed by atoms with van der Waals surface area (Å²) in [4.78, 5) is 11.8. The third kappa shape index (κ3) is 5.61. The minimum atomic E-state index is -0.402. The zero-order valence-electron chi connectivity index (χ0n) is 10.5. The average Bonchev–Trinajstić information content (AvgIpc) is 2.30. The topological polar surface area (TPSA) is 35.5 Å². The lowest BCUT2D eigenvalue weighted by atomic mass is 10.1. The molecule has 1 aromatic carbocycles. The van der Waals surface area contributed by atoms with Crippen molar-refractivity contribution in [3.63, 3.8) is 0 Å². The number of ether oxygens (including phenoxy) is 2. The van der Waals surface area contributed by atoms with Crippen molar-refractivity contribution < 1.29 is 14.3 Å². The Morgan fingerprint density at radius 3 is 2.24 bits per heavy atom. The molecule has 0 radical (unpaired) electrons. The van der Waals surface area contributed by atoms with E-state index in [1.54, 1.807) is 0 Å². The van der Waals surface area contributed by atoms with Gasteiger partial charge in [0.2, 0.25) is 0 Å². The Kier molecular flexibility index (Phi) is 6.51. The lowest BCUT2D eigenvalue weighted by molar-refractivity contribution is -0.151. The Balaban J connectivity index is 2.42. The molecule has 3 heteroatoms. The van der Waals surface area contributed by atoms with Gasteiger partial charge in [-0.3, -0.25) is 4.79 Å². The molecule has 0 heterocycles. The molecule has 0 aliphatic rings. The Hall–Kier alpha value is -1.19. The molecule has 0 aromatic heterocycles. The lowest BCUT2D eigenvalue weighted by Crippen LogP contribution is -2.22. The van der Waals surface area contributed by atoms with Crippen LogP contribution in [-0.2, 0) is 20.7 Å². The van der Waals surface area contributed by atoms with Crippen molar-refractivity contribution in [1.82, 2.24) is 0 Å². The molecule has 0 N–H and O–H groups in total. The summed E-state index contributed by atoms with van der Waals surface area (Å²) in [6, 6.07) is 9.72. The smallest absolute Gasteiger partial charge is 0.164 e. The van der Waals surface area contributed by atoms with E-state index < -0.39 is 6.29 Å². The van der Waals surface area contributed by atoms with Gasteiger partial charge in [0.15, 0.2) is 6.29 Å². The van der Waals surface area contributed by atoms with Crippen molar-refractivity contribution >= 4 is 5.78 Å². The number of ketones is 1. The van der Waals surface area contributed by atoms with Crippen molar-refractivity contribution in [2.24, 2.45) is 0 Å². The van der Waals surface area contributed by atoms with Gasteiger partial charge in [-0.25, -0.2) is 0 Å². The Morgan fingerprint density at radius 1 is 1.12 bits per heavy atom. The molecule has 0 unspecified atom stereocenters. The average molecular weight is 236 g/mol. The highest BCUT2D eigenvalue weighted by atomic mass is 16.7. The molecule has 0 aliphatic heterocycles. The van der Waals surface area contributed by atoms with Crippen LogP contribution in [-0.4, -0.2) is 25.3 Å². The van der Waals surface area contributed by atoms with Gasteiger partial charge in [-0.2, -0.15) is 0 Å². The van der Waals surface area contributed by atoms with Crippen molar-refractivity contribution in [2.75, 3.05) is 13.2 Å². The van der Waals surface area contributed by atoms with E-state index in [4.69, 9.17) is 9.47 Å². The fraction of sp³-hybridized carbons (Fsp3) is 0.500. The second kappa shape index (κ2) is 7.98. The molecular weight excluding hydrogens is 216 g/mol. The summed E-state index contributed by atoms with van der Waals surface area (Å²) in [5.74, 6) is 0.142. The van der Waals surface area contributed by atoms with Gasteiger partial charge in [0.05, 0.1) is 6.42 Å². The molecule has 0 atom stereocenters. The summed E-state index contributed by atoms with van der Waals surface area (Å²) in [7, 11) is 0. The Bertz CT molecular complexity index is 315. The Labute approximate surface area is 103 Å². The summed E-state index contributed by atoms with van der Waals surface area (Å²) in [5.41, 5.74) is 1.03. The summed E-state index contributed by atoms with van der Waals surface area (Å²) in [5, 5.41) is 0. The molecule has 0 saturated heterocycles. The maximum Gasteiger partial charge on any atom is 0.164 e. The van der Waals surface area contributed by atoms with Gasteiger partial charge >= 0.3 is 0 Å². The van der Waals surface area contributed by atoms with Gasteiger partial charge in [-0.1, -0.05) is 30.3 Å². The van der Waals surface area contributed by atoms with Crippen LogP contribution in [0.1, 0.15) is 25.8 Å². The first-order valence-corrected chi connectivity index (χ1v) is 6.05. The predicted molar refractivity (Wildman–Crippen MR) is 66.8 cm³/mol. The minimum absolute atomic E-state index is 0.142. The highest BCUT2D eigenvalue weighted by molar-refractivity contribution is 5.81. The van der Waals surface area contributed by atoms with E-state index in [9.17, 15) is 4.79 Å². The first-order chi connectivity index (χ1) is 8.26. The first-order valence-electron chi connectivity index (χ1n) is 6.05. The molecular formula is C14H20O3. The second-order valence-corrected chi connectivity index (χ2v) is 3.75. The monoisotopic (exact) mass is 236 g/mol. The van der Waals surface area contributed by atoms with Crippen molar-refractivity contribution in [3.8, 4) is 0 Å². The van der Waals surface area contributed by atoms with Crippen LogP contribution in [0.5, 0.6) is 0 Å². The van der Waals surface area contributed by atoms with E-state index in [2.05, 4.69) is 0 Å². The van der Waals surface area contributed by atoms with Crippen LogP contribution < -0.4 is 0 Å². The van der Waals surface area contributed by atoms with Crippen LogP contribution in [0.3, 0.4) is 0 Å². The second-order valence-electron chi connectivity index (χ2n) is 3.75. The molecule has 1 aromatic rings. The van der Waals surface area contributed by atoms with E-state index in [-0.39, 0.29) is 5.78 Å². The van der Waals surface area contributed by atoms with Crippen LogP contribution in [0.2, 0.25) is 0 Å². The van der Waals surface area contributed by atoms with Gasteiger partial charge < -0.3 is 9.47 Å². The molecule has 0 spiro atoms. The van der Waals surface area contributed by atoms with Gasteiger partial charge in [0, 0.05) is 19.6 Å². The van der Waals surface area contributed by atoms with Crippen LogP contribution >= 0.6 is 0 Å². The summed E-state index contributed by atoms with van der Waals surface area (Å²) in [6.07, 6.45) is 0.356. The number of hydrogen-bond acceptors (Lipinski definition) is 3. The molecule has 0 aliphatic carbocycles. The minimum Gasteiger partial charge on any atom is -0.352 e. The van der Waals surface area contributed by atoms with Crippen LogP contribution in [0.15, 0.2) is 30.3 Å². The van der Waals surface area contributed by atoms with Crippen LogP contribution in [0.25, 0.3) is 0 Å². The summed E-state index contributed by atoms with van der Waals surface area (Å²) >= 11 is 0. The van der Waals surface area contributed by atoms with E-state index >= 15 is 0 Å². The van der Waals surface area contributed by atoms with Gasteiger partial charge in [-0.05, 0) is 19.4 Å². The molecule has 3 nitrogen and oxygen atoms in total. The maximum absolute atomic E-state index is 11.8. The molecule has 1 rings (SSSR count). The summed E-state index contributed by atoms with van der Waals surface area (Å²) in [6.45, 7) is 4.91. The molecule has 17 heavy (non-hydrogen) atoms. The summed E-state index contributed by atoms with van der Waals surface area (Å²) < 4.78 is 10.7. The maximum atomic E-state index is 11.8. The highest BCUT2D eigenvalue weighted by Gasteiger charge is 2.14. The van der Waals surface area contributed by atoms with E-state index in [0.29, 0.717) is 26.1 Å². The highest BCUT2D eigenvalue weighted by Crippen LogP contribution is 2.07. The van der Waals surface area contributed by atoms with Crippen molar-refractivity contribution in [1.29, 1.82) is 0 Å². The van der Waals surface area contributed by atoms with Crippen LogP contribution in [0, 0.1) is 0 Å². The fourth-order valence-electron chi connectivity index (χ4n) is 1.62. The third-order valence-electron chi connectivity index (χ3n) is 2.34. The number of rotatable bonds is 8. The number of carbonyl (C=O) groups is 1. The first kappa shape index (κ1) is 13.9. The number of benzene rings is 1. The van der Waals surface area contributed by atoms with Gasteiger partial charge in [0.1, 0.15) is 5.78 Å². The largest absolute Gasteiger partial charge is 0.352 e. The molecule has 94 valence electrons. The SMILES string of the molecule is CCOC(CC(=O)Cc1ccccc1)OCC. The fourth-order valence-corrected chi connectivity index (χ4v) is 1.62. The number of hydrogen-bond donors (Lipinski definition) is 0.